The minimum Gasteiger partial charge on any atom is -0.351 e. The Morgan fingerprint density at radius 2 is 2.06 bits per heavy atom. The van der Waals surface area contributed by atoms with Crippen LogP contribution in [0.5, 0.6) is 0 Å². The molecule has 4 rings (SSSR count). The van der Waals surface area contributed by atoms with Gasteiger partial charge >= 0.3 is 0 Å². The number of anilines is 1. The maximum absolute atomic E-state index is 15.4. The number of piperazine rings is 1. The van der Waals surface area contributed by atoms with Crippen molar-refractivity contribution in [1.29, 1.82) is 0 Å². The van der Waals surface area contributed by atoms with E-state index in [0.29, 0.717) is 42.0 Å². The molecule has 3 aliphatic rings. The lowest BCUT2D eigenvalue weighted by Crippen LogP contribution is -2.53. The van der Waals surface area contributed by atoms with E-state index in [9.17, 15) is 14.8 Å². The van der Waals surface area contributed by atoms with Crippen molar-refractivity contribution in [1.82, 2.24) is 25.2 Å². The zero-order valence-electron chi connectivity index (χ0n) is 19.6. The zero-order chi connectivity index (χ0) is 23.6. The molecule has 1 saturated heterocycles. The van der Waals surface area contributed by atoms with Gasteiger partial charge in [0.25, 0.3) is 0 Å². The van der Waals surface area contributed by atoms with Crippen LogP contribution in [-0.4, -0.2) is 76.2 Å². The van der Waals surface area contributed by atoms with Gasteiger partial charge in [0.15, 0.2) is 11.6 Å². The molecule has 182 valence electrons. The second-order valence-electron chi connectivity index (χ2n) is 9.95. The first-order chi connectivity index (χ1) is 15.8. The molecule has 0 aromatic carbocycles. The molecular weight excluding hydrogens is 427 g/mol. The molecule has 2 aliphatic carbocycles. The van der Waals surface area contributed by atoms with Gasteiger partial charge in [-0.15, -0.1) is 0 Å². The smallest absolute Gasteiger partial charge is 0.233 e. The normalized spacial score (nSPS) is 21.3. The van der Waals surface area contributed by atoms with Crippen LogP contribution in [0.2, 0.25) is 0 Å². The van der Waals surface area contributed by atoms with E-state index in [1.807, 2.05) is 4.90 Å². The fraction of sp³-hybridized carbons (Fsp3) is 0.739. The van der Waals surface area contributed by atoms with E-state index in [-0.39, 0.29) is 30.2 Å². The van der Waals surface area contributed by atoms with E-state index in [1.54, 1.807) is 6.92 Å². The van der Waals surface area contributed by atoms with E-state index < -0.39 is 11.7 Å². The Balaban J connectivity index is 1.44. The maximum atomic E-state index is 15.4. The monoisotopic (exact) mass is 462 g/mol. The third kappa shape index (κ3) is 5.43. The van der Waals surface area contributed by atoms with Crippen molar-refractivity contribution >= 4 is 18.1 Å². The van der Waals surface area contributed by atoms with Gasteiger partial charge in [-0.1, -0.05) is 25.7 Å². The van der Waals surface area contributed by atoms with E-state index in [4.69, 9.17) is 0 Å². The van der Waals surface area contributed by atoms with Gasteiger partial charge in [-0.3, -0.25) is 19.7 Å². The van der Waals surface area contributed by atoms with Crippen molar-refractivity contribution in [3.63, 3.8) is 0 Å². The molecule has 1 spiro atoms. The summed E-state index contributed by atoms with van der Waals surface area (Å²) < 4.78 is 15.4. The molecule has 2 heterocycles. The molecule has 10 heteroatoms. The Kier molecular flexibility index (Phi) is 7.13. The van der Waals surface area contributed by atoms with Crippen LogP contribution in [0.3, 0.4) is 0 Å². The van der Waals surface area contributed by atoms with E-state index in [1.165, 1.54) is 0 Å². The number of likely N-dealkylation sites (N-methyl/N-ethyl adjacent to an activating group) is 1. The number of nitrogens with zero attached hydrogens (tertiary/aromatic N) is 5. The number of carbonyl (C=O) groups excluding carboxylic acids is 2. The Hall–Kier alpha value is -2.33. The molecule has 33 heavy (non-hydrogen) atoms. The lowest BCUT2D eigenvalue weighted by Gasteiger charge is -2.40. The summed E-state index contributed by atoms with van der Waals surface area (Å²) in [6, 6.07) is 0. The van der Waals surface area contributed by atoms with Crippen LogP contribution in [0.25, 0.3) is 0 Å². The van der Waals surface area contributed by atoms with Crippen LogP contribution in [0.4, 0.5) is 10.2 Å². The van der Waals surface area contributed by atoms with Crippen LogP contribution < -0.4 is 10.2 Å². The van der Waals surface area contributed by atoms with Crippen LogP contribution in [0.15, 0.2) is 0 Å². The number of halogens is 1. The minimum atomic E-state index is -0.555. The van der Waals surface area contributed by atoms with Gasteiger partial charge in [0.1, 0.15) is 11.5 Å². The first kappa shape index (κ1) is 23.8. The highest BCUT2D eigenvalue weighted by Crippen LogP contribution is 2.44. The van der Waals surface area contributed by atoms with Crippen molar-refractivity contribution in [2.75, 3.05) is 38.1 Å². The summed E-state index contributed by atoms with van der Waals surface area (Å²) in [7, 11) is 2.12. The average molecular weight is 463 g/mol. The van der Waals surface area contributed by atoms with Gasteiger partial charge in [0.05, 0.1) is 19.0 Å². The number of carbonyl (C=O) groups is 2. The molecule has 2 N–H and O–H groups in total. The fourth-order valence-electron chi connectivity index (χ4n) is 5.35. The minimum absolute atomic E-state index is 0.0619. The van der Waals surface area contributed by atoms with Crippen molar-refractivity contribution < 1.29 is 19.2 Å². The molecule has 3 fully saturated rings. The molecule has 1 aliphatic heterocycles. The van der Waals surface area contributed by atoms with Crippen LogP contribution >= 0.6 is 0 Å². The van der Waals surface area contributed by atoms with Gasteiger partial charge < -0.3 is 10.2 Å². The summed E-state index contributed by atoms with van der Waals surface area (Å²) >= 11 is 0. The molecule has 1 atom stereocenters. The second kappa shape index (κ2) is 9.89. The van der Waals surface area contributed by atoms with E-state index in [0.717, 1.165) is 51.6 Å². The highest BCUT2D eigenvalue weighted by molar-refractivity contribution is 5.79. The van der Waals surface area contributed by atoms with Gasteiger partial charge in [-0.2, -0.15) is 0 Å². The molecule has 0 unspecified atom stereocenters. The SMILES string of the molecule is Cc1nc(CNC(=O)[C@H](CC2CCCC2)CN(O)C=O)c(F)c(N2CCN(C)C3(CC3)C2)n1. The summed E-state index contributed by atoms with van der Waals surface area (Å²) in [5, 5.41) is 13.0. The maximum Gasteiger partial charge on any atom is 0.233 e. The number of aromatic nitrogens is 2. The summed E-state index contributed by atoms with van der Waals surface area (Å²) in [4.78, 5) is 36.8. The van der Waals surface area contributed by atoms with Gasteiger partial charge in [-0.25, -0.2) is 19.4 Å². The fourth-order valence-corrected chi connectivity index (χ4v) is 5.35. The molecule has 1 aromatic heterocycles. The molecule has 0 bridgehead atoms. The van der Waals surface area contributed by atoms with Crippen molar-refractivity contribution in [3.05, 3.63) is 17.3 Å². The Morgan fingerprint density at radius 1 is 1.33 bits per heavy atom. The summed E-state index contributed by atoms with van der Waals surface area (Å²) in [5.41, 5.74) is 0.283. The Morgan fingerprint density at radius 3 is 2.73 bits per heavy atom. The molecule has 2 amide bonds. The van der Waals surface area contributed by atoms with Gasteiger partial charge in [0, 0.05) is 25.2 Å². The zero-order valence-corrected chi connectivity index (χ0v) is 19.6. The third-order valence-corrected chi connectivity index (χ3v) is 7.56. The van der Waals surface area contributed by atoms with E-state index >= 15 is 4.39 Å². The highest BCUT2D eigenvalue weighted by Gasteiger charge is 2.50. The first-order valence-electron chi connectivity index (χ1n) is 12.0. The van der Waals surface area contributed by atoms with Crippen LogP contribution in [0.1, 0.15) is 56.5 Å². The predicted molar refractivity (Wildman–Crippen MR) is 120 cm³/mol. The van der Waals surface area contributed by atoms with Gasteiger partial charge in [0.2, 0.25) is 12.3 Å². The number of hydroxylamine groups is 2. The van der Waals surface area contributed by atoms with Crippen molar-refractivity contribution in [2.24, 2.45) is 11.8 Å². The number of hydrogen-bond donors (Lipinski definition) is 2. The topological polar surface area (TPSA) is 102 Å². The number of nitrogens with one attached hydrogen (secondary N) is 1. The average Bonchev–Trinajstić information content (AvgIpc) is 3.38. The van der Waals surface area contributed by atoms with Crippen molar-refractivity contribution in [3.8, 4) is 0 Å². The number of hydrogen-bond acceptors (Lipinski definition) is 7. The second-order valence-corrected chi connectivity index (χ2v) is 9.95. The first-order valence-corrected chi connectivity index (χ1v) is 12.0. The highest BCUT2D eigenvalue weighted by atomic mass is 19.1. The van der Waals surface area contributed by atoms with Crippen molar-refractivity contribution in [2.45, 2.75) is 64.0 Å². The predicted octanol–water partition coefficient (Wildman–Crippen LogP) is 1.87. The van der Waals surface area contributed by atoms with Crippen LogP contribution in [0, 0.1) is 24.6 Å². The Bertz CT molecular complexity index is 874. The molecule has 2 saturated carbocycles. The number of aryl methyl sites for hydroxylation is 1. The lowest BCUT2D eigenvalue weighted by atomic mass is 9.92. The Labute approximate surface area is 194 Å². The quantitative estimate of drug-likeness (QED) is 0.328. The lowest BCUT2D eigenvalue weighted by molar-refractivity contribution is -0.155. The number of amides is 2. The largest absolute Gasteiger partial charge is 0.351 e. The molecule has 9 nitrogen and oxygen atoms in total. The molecule has 0 radical (unpaired) electrons. The summed E-state index contributed by atoms with van der Waals surface area (Å²) in [5.74, 6) is -0.194. The summed E-state index contributed by atoms with van der Waals surface area (Å²) in [6.07, 6.45) is 7.49. The van der Waals surface area contributed by atoms with E-state index in [2.05, 4.69) is 27.2 Å². The number of rotatable bonds is 9. The summed E-state index contributed by atoms with van der Waals surface area (Å²) in [6.45, 7) is 3.88. The molecular formula is C23H35FN6O3. The van der Waals surface area contributed by atoms with Gasteiger partial charge in [-0.05, 0) is 39.2 Å². The van der Waals surface area contributed by atoms with Crippen LogP contribution in [-0.2, 0) is 16.1 Å². The third-order valence-electron chi connectivity index (χ3n) is 7.56. The standard InChI is InChI=1S/C23H35FN6O3/c1-16-26-19(20(24)21(27-16)29-10-9-28(2)23(14-29)7-8-23)12-25-22(32)18(13-30(33)15-31)11-17-5-3-4-6-17/h15,17-18,33H,3-14H2,1-2H3,(H,25,32)/t18-/m1/s1. The molecule has 1 aromatic rings.